The van der Waals surface area contributed by atoms with Crippen LogP contribution >= 0.6 is 0 Å². The van der Waals surface area contributed by atoms with Crippen LogP contribution in [0.5, 0.6) is 0 Å². The minimum atomic E-state index is -0.253. The van der Waals surface area contributed by atoms with Gasteiger partial charge in [0.15, 0.2) is 0 Å². The number of anilines is 1. The van der Waals surface area contributed by atoms with Gasteiger partial charge in [-0.15, -0.1) is 0 Å². The maximum atomic E-state index is 11.6. The first-order valence-electron chi connectivity index (χ1n) is 4.89. The molecule has 1 aromatic heterocycles. The number of rotatable bonds is 6. The Morgan fingerprint density at radius 2 is 2.38 bits per heavy atom. The van der Waals surface area contributed by atoms with Crippen LogP contribution in [0.1, 0.15) is 16.8 Å². The van der Waals surface area contributed by atoms with Gasteiger partial charge < -0.3 is 16.4 Å². The van der Waals surface area contributed by atoms with Crippen LogP contribution in [0.4, 0.5) is 5.82 Å². The Morgan fingerprint density at radius 3 is 2.94 bits per heavy atom. The molecule has 0 saturated heterocycles. The number of carbonyl (C=O) groups is 2. The fourth-order valence-corrected chi connectivity index (χ4v) is 1.17. The smallest absolute Gasteiger partial charge is 0.256 e. The van der Waals surface area contributed by atoms with Gasteiger partial charge in [0.1, 0.15) is 11.4 Å². The van der Waals surface area contributed by atoms with E-state index in [9.17, 15) is 9.59 Å². The molecule has 0 atom stereocenters. The molecule has 0 aliphatic carbocycles. The zero-order chi connectivity index (χ0) is 12.0. The molecule has 0 unspecified atom stereocenters. The van der Waals surface area contributed by atoms with Crippen LogP contribution in [0, 0.1) is 0 Å². The fraction of sp³-hybridized carbons (Fsp3) is 0.444. The zero-order valence-corrected chi connectivity index (χ0v) is 9.06. The van der Waals surface area contributed by atoms with Gasteiger partial charge in [-0.2, -0.15) is 5.10 Å². The van der Waals surface area contributed by atoms with Crippen LogP contribution in [-0.2, 0) is 11.8 Å². The Labute approximate surface area is 93.0 Å². The Morgan fingerprint density at radius 1 is 1.62 bits per heavy atom. The average Bonchev–Trinajstić information content (AvgIpc) is 2.59. The number of nitrogens with one attached hydrogen (secondary N) is 2. The molecule has 0 bridgehead atoms. The topological polar surface area (TPSA) is 102 Å². The van der Waals surface area contributed by atoms with Crippen molar-refractivity contribution in [1.29, 1.82) is 0 Å². The van der Waals surface area contributed by atoms with Crippen molar-refractivity contribution in [1.82, 2.24) is 20.4 Å². The predicted molar refractivity (Wildman–Crippen MR) is 58.6 cm³/mol. The van der Waals surface area contributed by atoms with E-state index in [0.29, 0.717) is 37.3 Å². The van der Waals surface area contributed by atoms with Crippen LogP contribution in [0.25, 0.3) is 0 Å². The van der Waals surface area contributed by atoms with Crippen molar-refractivity contribution in [3.63, 3.8) is 0 Å². The highest BCUT2D eigenvalue weighted by atomic mass is 16.1. The average molecular weight is 225 g/mol. The van der Waals surface area contributed by atoms with Gasteiger partial charge in [0.05, 0.1) is 6.20 Å². The molecule has 16 heavy (non-hydrogen) atoms. The first-order valence-corrected chi connectivity index (χ1v) is 4.89. The van der Waals surface area contributed by atoms with Gasteiger partial charge in [-0.05, 0) is 6.42 Å². The van der Waals surface area contributed by atoms with E-state index < -0.39 is 0 Å². The second kappa shape index (κ2) is 5.74. The molecule has 2 amide bonds. The van der Waals surface area contributed by atoms with Gasteiger partial charge >= 0.3 is 0 Å². The quantitative estimate of drug-likeness (QED) is 0.421. The summed E-state index contributed by atoms with van der Waals surface area (Å²) in [5, 5.41) is 9.06. The number of hydrogen-bond donors (Lipinski definition) is 3. The Bertz CT molecular complexity index is 374. The minimum absolute atomic E-state index is 0.253. The molecule has 88 valence electrons. The van der Waals surface area contributed by atoms with Crippen LogP contribution in [0.3, 0.4) is 0 Å². The lowest BCUT2D eigenvalue weighted by atomic mass is 10.3. The number of nitrogen functional groups attached to an aromatic ring is 1. The molecule has 4 N–H and O–H groups in total. The highest BCUT2D eigenvalue weighted by Gasteiger charge is 2.12. The summed E-state index contributed by atoms with van der Waals surface area (Å²) >= 11 is 0. The lowest BCUT2D eigenvalue weighted by Gasteiger charge is -2.04. The van der Waals surface area contributed by atoms with Crippen LogP contribution in [0.15, 0.2) is 6.20 Å². The van der Waals surface area contributed by atoms with Crippen LogP contribution in [-0.4, -0.2) is 35.2 Å². The molecule has 7 heteroatoms. The number of hydrogen-bond acceptors (Lipinski definition) is 4. The highest BCUT2D eigenvalue weighted by molar-refractivity contribution is 5.98. The van der Waals surface area contributed by atoms with Gasteiger partial charge in [-0.1, -0.05) is 0 Å². The first kappa shape index (κ1) is 12.0. The molecule has 0 fully saturated rings. The maximum absolute atomic E-state index is 11.6. The van der Waals surface area contributed by atoms with Crippen LogP contribution < -0.4 is 16.4 Å². The predicted octanol–water partition coefficient (Wildman–Crippen LogP) is -1.13. The summed E-state index contributed by atoms with van der Waals surface area (Å²) in [4.78, 5) is 21.5. The van der Waals surface area contributed by atoms with Crippen molar-refractivity contribution in [2.24, 2.45) is 7.05 Å². The molecule has 0 saturated carbocycles. The van der Waals surface area contributed by atoms with Gasteiger partial charge in [-0.3, -0.25) is 14.3 Å². The monoisotopic (exact) mass is 225 g/mol. The lowest BCUT2D eigenvalue weighted by molar-refractivity contribution is -0.109. The summed E-state index contributed by atoms with van der Waals surface area (Å²) in [6, 6.07) is 0. The number of amides is 2. The number of carbonyl (C=O) groups excluding carboxylic acids is 2. The van der Waals surface area contributed by atoms with E-state index in [1.165, 1.54) is 10.9 Å². The summed E-state index contributed by atoms with van der Waals surface area (Å²) in [7, 11) is 1.67. The number of nitrogens with zero attached hydrogens (tertiary/aromatic N) is 2. The number of nitrogens with two attached hydrogens (primary N) is 1. The molecule has 0 aliphatic rings. The summed E-state index contributed by atoms with van der Waals surface area (Å²) in [6.07, 6.45) is 2.72. The SMILES string of the molecule is Cn1ncc(C(=O)NCCCNC=O)c1N. The normalized spacial score (nSPS) is 9.81. The second-order valence-electron chi connectivity index (χ2n) is 3.25. The maximum Gasteiger partial charge on any atom is 0.256 e. The minimum Gasteiger partial charge on any atom is -0.383 e. The van der Waals surface area contributed by atoms with Crippen molar-refractivity contribution in [2.45, 2.75) is 6.42 Å². The Hall–Kier alpha value is -2.05. The molecule has 0 aromatic carbocycles. The van der Waals surface area contributed by atoms with E-state index in [-0.39, 0.29) is 5.91 Å². The van der Waals surface area contributed by atoms with E-state index in [4.69, 9.17) is 5.73 Å². The van der Waals surface area contributed by atoms with Crippen molar-refractivity contribution >= 4 is 18.1 Å². The molecule has 0 aliphatic heterocycles. The van der Waals surface area contributed by atoms with Gasteiger partial charge in [0.2, 0.25) is 6.41 Å². The third kappa shape index (κ3) is 2.97. The van der Waals surface area contributed by atoms with E-state index in [1.807, 2.05) is 0 Å². The third-order valence-corrected chi connectivity index (χ3v) is 2.10. The van der Waals surface area contributed by atoms with Crippen molar-refractivity contribution < 1.29 is 9.59 Å². The van der Waals surface area contributed by atoms with Crippen molar-refractivity contribution in [2.75, 3.05) is 18.8 Å². The standard InChI is InChI=1S/C9H15N5O2/c1-14-8(10)7(5-13-14)9(16)12-4-2-3-11-6-15/h5-6H,2-4,10H2,1H3,(H,11,15)(H,12,16). The lowest BCUT2D eigenvalue weighted by Crippen LogP contribution is -2.27. The van der Waals surface area contributed by atoms with Crippen LogP contribution in [0.2, 0.25) is 0 Å². The molecular formula is C9H15N5O2. The van der Waals surface area contributed by atoms with E-state index >= 15 is 0 Å². The number of aryl methyl sites for hydroxylation is 1. The fourth-order valence-electron chi connectivity index (χ4n) is 1.17. The summed E-state index contributed by atoms with van der Waals surface area (Å²) < 4.78 is 1.43. The Balaban J connectivity index is 2.35. The summed E-state index contributed by atoms with van der Waals surface area (Å²) in [5.41, 5.74) is 6.00. The van der Waals surface area contributed by atoms with Crippen molar-refractivity contribution in [3.8, 4) is 0 Å². The van der Waals surface area contributed by atoms with Crippen molar-refractivity contribution in [3.05, 3.63) is 11.8 Å². The van der Waals surface area contributed by atoms with Gasteiger partial charge in [-0.25, -0.2) is 0 Å². The third-order valence-electron chi connectivity index (χ3n) is 2.10. The summed E-state index contributed by atoms with van der Waals surface area (Å²) in [6.45, 7) is 1.01. The zero-order valence-electron chi connectivity index (χ0n) is 9.06. The molecular weight excluding hydrogens is 210 g/mol. The number of aromatic nitrogens is 2. The molecule has 7 nitrogen and oxygen atoms in total. The van der Waals surface area contributed by atoms with E-state index in [0.717, 1.165) is 0 Å². The summed E-state index contributed by atoms with van der Waals surface area (Å²) in [5.74, 6) is 0.0835. The molecule has 1 aromatic rings. The van der Waals surface area contributed by atoms with Gasteiger partial charge in [0, 0.05) is 20.1 Å². The molecule has 0 radical (unpaired) electrons. The molecule has 0 spiro atoms. The highest BCUT2D eigenvalue weighted by Crippen LogP contribution is 2.08. The second-order valence-corrected chi connectivity index (χ2v) is 3.25. The van der Waals surface area contributed by atoms with Gasteiger partial charge in [0.25, 0.3) is 5.91 Å². The first-order chi connectivity index (χ1) is 7.66. The largest absolute Gasteiger partial charge is 0.383 e. The molecule has 1 rings (SSSR count). The van der Waals surface area contributed by atoms with E-state index in [1.54, 1.807) is 7.05 Å². The Kier molecular flexibility index (Phi) is 4.31. The molecule has 1 heterocycles. The van der Waals surface area contributed by atoms with E-state index in [2.05, 4.69) is 15.7 Å².